The van der Waals surface area contributed by atoms with E-state index in [0.29, 0.717) is 24.3 Å². The van der Waals surface area contributed by atoms with Crippen LogP contribution in [0.25, 0.3) is 0 Å². The van der Waals surface area contributed by atoms with Crippen molar-refractivity contribution >= 4 is 37.3 Å². The fourth-order valence-corrected chi connectivity index (χ4v) is 5.89. The normalized spacial score (nSPS) is 15.8. The number of hydrogen-bond acceptors (Lipinski definition) is 5. The predicted octanol–water partition coefficient (Wildman–Crippen LogP) is 3.18. The number of aryl methyl sites for hydroxylation is 1. The summed E-state index contributed by atoms with van der Waals surface area (Å²) in [5.74, 6) is -0.547. The van der Waals surface area contributed by atoms with Crippen LogP contribution in [-0.4, -0.2) is 46.4 Å². The number of para-hydroxylation sites is 1. The van der Waals surface area contributed by atoms with Gasteiger partial charge in [-0.15, -0.1) is 0 Å². The zero-order chi connectivity index (χ0) is 22.6. The molecule has 2 N–H and O–H groups in total. The number of amides is 1. The van der Waals surface area contributed by atoms with E-state index in [1.807, 2.05) is 0 Å². The van der Waals surface area contributed by atoms with E-state index >= 15 is 0 Å². The van der Waals surface area contributed by atoms with E-state index in [2.05, 4.69) is 10.0 Å². The molecule has 0 aromatic heterocycles. The second kappa shape index (κ2) is 9.37. The molecule has 1 amide bonds. The van der Waals surface area contributed by atoms with Crippen LogP contribution in [0.2, 0.25) is 0 Å². The summed E-state index contributed by atoms with van der Waals surface area (Å²) in [4.78, 5) is 13.0. The number of nitrogens with zero attached hydrogens (tertiary/aromatic N) is 1. The number of rotatable bonds is 6. The lowest BCUT2D eigenvalue weighted by molar-refractivity contribution is 0.102. The van der Waals surface area contributed by atoms with Gasteiger partial charge >= 0.3 is 0 Å². The summed E-state index contributed by atoms with van der Waals surface area (Å²) in [6, 6.07) is 10.9. The van der Waals surface area contributed by atoms with Crippen LogP contribution >= 0.6 is 0 Å². The van der Waals surface area contributed by atoms with Gasteiger partial charge in [0.15, 0.2) is 0 Å². The van der Waals surface area contributed by atoms with Crippen molar-refractivity contribution in [1.29, 1.82) is 0 Å². The van der Waals surface area contributed by atoms with E-state index in [4.69, 9.17) is 0 Å². The van der Waals surface area contributed by atoms with Crippen molar-refractivity contribution < 1.29 is 21.6 Å². The van der Waals surface area contributed by atoms with E-state index < -0.39 is 26.0 Å². The van der Waals surface area contributed by atoms with Crippen molar-refractivity contribution in [2.24, 2.45) is 0 Å². The highest BCUT2D eigenvalue weighted by Gasteiger charge is 2.27. The van der Waals surface area contributed by atoms with Gasteiger partial charge in [-0.2, -0.15) is 4.31 Å². The van der Waals surface area contributed by atoms with Gasteiger partial charge in [-0.3, -0.25) is 9.52 Å². The Kier molecular flexibility index (Phi) is 7.03. The molecule has 0 atom stereocenters. The maximum absolute atomic E-state index is 13.2. The lowest BCUT2D eigenvalue weighted by Crippen LogP contribution is -2.32. The SMILES string of the molecule is Cc1ccc(NC(=O)c2ccccc2NS(C)(=O)=O)cc1S(=O)(=O)N1CCCCCC1. The van der Waals surface area contributed by atoms with Crippen molar-refractivity contribution in [3.05, 3.63) is 53.6 Å². The first-order chi connectivity index (χ1) is 14.6. The van der Waals surface area contributed by atoms with E-state index in [1.165, 1.54) is 22.5 Å². The highest BCUT2D eigenvalue weighted by Crippen LogP contribution is 2.26. The van der Waals surface area contributed by atoms with Crippen LogP contribution in [0.3, 0.4) is 0 Å². The summed E-state index contributed by atoms with van der Waals surface area (Å²) in [6.45, 7) is 2.70. The molecule has 8 nitrogen and oxygen atoms in total. The Hall–Kier alpha value is -2.43. The molecule has 3 rings (SSSR count). The Bertz CT molecular complexity index is 1170. The first kappa shape index (κ1) is 23.2. The van der Waals surface area contributed by atoms with Crippen molar-refractivity contribution in [3.63, 3.8) is 0 Å². The first-order valence-electron chi connectivity index (χ1n) is 10.1. The molecule has 2 aromatic carbocycles. The summed E-state index contributed by atoms with van der Waals surface area (Å²) in [6.07, 6.45) is 4.70. The second-order valence-corrected chi connectivity index (χ2v) is 11.3. The summed E-state index contributed by atoms with van der Waals surface area (Å²) in [7, 11) is -7.25. The quantitative estimate of drug-likeness (QED) is 0.680. The zero-order valence-electron chi connectivity index (χ0n) is 17.6. The third-order valence-electron chi connectivity index (χ3n) is 5.10. The topological polar surface area (TPSA) is 113 Å². The minimum atomic E-state index is -3.68. The molecule has 168 valence electrons. The monoisotopic (exact) mass is 465 g/mol. The number of carbonyl (C=O) groups is 1. The molecule has 0 radical (unpaired) electrons. The number of carbonyl (C=O) groups excluding carboxylic acids is 1. The van der Waals surface area contributed by atoms with Crippen LogP contribution in [0.5, 0.6) is 0 Å². The smallest absolute Gasteiger partial charge is 0.257 e. The second-order valence-electron chi connectivity index (χ2n) is 7.67. The Morgan fingerprint density at radius 2 is 1.58 bits per heavy atom. The van der Waals surface area contributed by atoms with Gasteiger partial charge in [0.25, 0.3) is 5.91 Å². The molecule has 1 aliphatic rings. The van der Waals surface area contributed by atoms with E-state index in [-0.39, 0.29) is 16.1 Å². The van der Waals surface area contributed by atoms with Gasteiger partial charge in [0.05, 0.1) is 22.4 Å². The number of anilines is 2. The van der Waals surface area contributed by atoms with Gasteiger partial charge in [0, 0.05) is 18.8 Å². The zero-order valence-corrected chi connectivity index (χ0v) is 19.2. The third kappa shape index (κ3) is 5.84. The average Bonchev–Trinajstić information content (AvgIpc) is 2.98. The average molecular weight is 466 g/mol. The molecule has 2 aromatic rings. The molecule has 0 bridgehead atoms. The number of nitrogens with one attached hydrogen (secondary N) is 2. The molecular formula is C21H27N3O5S2. The van der Waals surface area contributed by atoms with Gasteiger partial charge in [-0.25, -0.2) is 16.8 Å². The molecule has 10 heteroatoms. The van der Waals surface area contributed by atoms with Gasteiger partial charge in [0.1, 0.15) is 0 Å². The molecule has 1 saturated heterocycles. The molecular weight excluding hydrogens is 438 g/mol. The lowest BCUT2D eigenvalue weighted by atomic mass is 10.1. The highest BCUT2D eigenvalue weighted by molar-refractivity contribution is 7.92. The van der Waals surface area contributed by atoms with Crippen LogP contribution < -0.4 is 10.0 Å². The highest BCUT2D eigenvalue weighted by atomic mass is 32.2. The standard InChI is InChI=1S/C21H27N3O5S2/c1-16-11-12-17(15-20(16)31(28,29)24-13-7-3-4-8-14-24)22-21(25)18-9-5-6-10-19(18)23-30(2,26)27/h5-6,9-12,15,23H,3-4,7-8,13-14H2,1-2H3,(H,22,25). The summed E-state index contributed by atoms with van der Waals surface area (Å²) in [5.41, 5.74) is 1.19. The van der Waals surface area contributed by atoms with Crippen molar-refractivity contribution in [2.75, 3.05) is 29.4 Å². The van der Waals surface area contributed by atoms with Gasteiger partial charge in [0.2, 0.25) is 20.0 Å². The largest absolute Gasteiger partial charge is 0.322 e. The summed E-state index contributed by atoms with van der Waals surface area (Å²) < 4.78 is 53.4. The van der Waals surface area contributed by atoms with Gasteiger partial charge in [-0.05, 0) is 49.6 Å². The molecule has 31 heavy (non-hydrogen) atoms. The van der Waals surface area contributed by atoms with E-state index in [9.17, 15) is 21.6 Å². The van der Waals surface area contributed by atoms with Crippen LogP contribution in [0, 0.1) is 6.92 Å². The maximum Gasteiger partial charge on any atom is 0.257 e. The molecule has 0 aliphatic carbocycles. The van der Waals surface area contributed by atoms with Crippen LogP contribution in [0.15, 0.2) is 47.4 Å². The summed E-state index contributed by atoms with van der Waals surface area (Å²) >= 11 is 0. The van der Waals surface area contributed by atoms with Gasteiger partial charge in [-0.1, -0.05) is 31.0 Å². The van der Waals surface area contributed by atoms with Crippen molar-refractivity contribution in [2.45, 2.75) is 37.5 Å². The number of sulfonamides is 2. The first-order valence-corrected chi connectivity index (χ1v) is 13.4. The minimum absolute atomic E-state index is 0.130. The lowest BCUT2D eigenvalue weighted by Gasteiger charge is -2.21. The Morgan fingerprint density at radius 3 is 2.23 bits per heavy atom. The van der Waals surface area contributed by atoms with Crippen LogP contribution in [0.1, 0.15) is 41.6 Å². The fourth-order valence-electron chi connectivity index (χ4n) is 3.55. The van der Waals surface area contributed by atoms with Crippen molar-refractivity contribution in [1.82, 2.24) is 4.31 Å². The molecule has 0 spiro atoms. The summed E-state index contributed by atoms with van der Waals surface area (Å²) in [5, 5.41) is 2.68. The Morgan fingerprint density at radius 1 is 0.935 bits per heavy atom. The van der Waals surface area contributed by atoms with E-state index in [1.54, 1.807) is 31.2 Å². The molecule has 1 aliphatic heterocycles. The maximum atomic E-state index is 13.2. The molecule has 0 unspecified atom stereocenters. The molecule has 0 saturated carbocycles. The van der Waals surface area contributed by atoms with Gasteiger partial charge < -0.3 is 5.32 Å². The molecule has 1 heterocycles. The molecule has 1 fully saturated rings. The fraction of sp³-hybridized carbons (Fsp3) is 0.381. The third-order valence-corrected chi connectivity index (χ3v) is 7.73. The number of benzene rings is 2. The Balaban J connectivity index is 1.88. The van der Waals surface area contributed by atoms with Crippen molar-refractivity contribution in [3.8, 4) is 0 Å². The number of hydrogen-bond donors (Lipinski definition) is 2. The Labute approximate surface area is 183 Å². The van der Waals surface area contributed by atoms with Crippen LogP contribution in [-0.2, 0) is 20.0 Å². The van der Waals surface area contributed by atoms with Crippen LogP contribution in [0.4, 0.5) is 11.4 Å². The predicted molar refractivity (Wildman–Crippen MR) is 121 cm³/mol. The minimum Gasteiger partial charge on any atom is -0.322 e. The van der Waals surface area contributed by atoms with E-state index in [0.717, 1.165) is 31.9 Å².